The summed E-state index contributed by atoms with van der Waals surface area (Å²) >= 11 is 0. The Morgan fingerprint density at radius 1 is 0.406 bits per heavy atom. The van der Waals surface area contributed by atoms with Gasteiger partial charge in [-0.05, 0) is 90.3 Å². The fourth-order valence-electron chi connectivity index (χ4n) is 11.5. The first-order valence-corrected chi connectivity index (χ1v) is 23.2. The minimum Gasteiger partial charge on any atom is -0.317 e. The molecule has 0 N–H and O–H groups in total. The van der Waals surface area contributed by atoms with Crippen molar-refractivity contribution < 1.29 is 0 Å². The van der Waals surface area contributed by atoms with Crippen molar-refractivity contribution in [2.45, 2.75) is 6.92 Å². The van der Waals surface area contributed by atoms with Crippen molar-refractivity contribution in [1.29, 1.82) is 5.26 Å². The largest absolute Gasteiger partial charge is 0.317 e. The zero-order valence-corrected chi connectivity index (χ0v) is 37.4. The number of nitrogens with zero attached hydrogens (tertiary/aromatic N) is 6. The van der Waals surface area contributed by atoms with Crippen LogP contribution in [0.3, 0.4) is 0 Å². The van der Waals surface area contributed by atoms with Gasteiger partial charge in [-0.3, -0.25) is 0 Å². The summed E-state index contributed by atoms with van der Waals surface area (Å²) < 4.78 is 9.47. The zero-order chi connectivity index (χ0) is 45.9. The molecule has 0 radical (unpaired) electrons. The van der Waals surface area contributed by atoms with Gasteiger partial charge in [0.05, 0.1) is 73.7 Å². The Bertz CT molecular complexity index is 4570. The van der Waals surface area contributed by atoms with E-state index in [-0.39, 0.29) is 0 Å². The van der Waals surface area contributed by atoms with Gasteiger partial charge in [0.2, 0.25) is 5.69 Å². The third kappa shape index (κ3) is 5.40. The Balaban J connectivity index is 1.22. The molecule has 14 rings (SSSR count). The third-order valence-electron chi connectivity index (χ3n) is 14.2. The van der Waals surface area contributed by atoms with Gasteiger partial charge in [-0.1, -0.05) is 146 Å². The van der Waals surface area contributed by atoms with Crippen LogP contribution >= 0.6 is 0 Å². The Morgan fingerprint density at radius 3 is 1.28 bits per heavy atom. The molecule has 0 amide bonds. The van der Waals surface area contributed by atoms with Crippen LogP contribution in [0.2, 0.25) is 0 Å². The molecule has 0 spiro atoms. The number of aryl methyl sites for hydroxylation is 1. The fourth-order valence-corrected chi connectivity index (χ4v) is 11.5. The Morgan fingerprint density at radius 2 is 0.812 bits per heavy atom. The average Bonchev–Trinajstić information content (AvgIpc) is 4.13. The van der Waals surface area contributed by atoms with Crippen LogP contribution in [0.25, 0.3) is 126 Å². The second kappa shape index (κ2) is 14.7. The predicted molar refractivity (Wildman–Crippen MR) is 285 cm³/mol. The van der Waals surface area contributed by atoms with Crippen LogP contribution in [0.4, 0.5) is 5.69 Å². The van der Waals surface area contributed by atoms with Gasteiger partial charge in [-0.15, -0.1) is 0 Å². The second-order valence-corrected chi connectivity index (χ2v) is 17.9. The molecule has 10 aromatic carbocycles. The van der Waals surface area contributed by atoms with Crippen LogP contribution in [-0.4, -0.2) is 18.3 Å². The maximum absolute atomic E-state index is 10.4. The van der Waals surface area contributed by atoms with Crippen LogP contribution in [0, 0.1) is 24.8 Å². The summed E-state index contributed by atoms with van der Waals surface area (Å²) in [4.78, 5) is 4.70. The number of fused-ring (bicyclic) bond motifs is 14. The first-order valence-electron chi connectivity index (χ1n) is 23.2. The number of rotatable bonds is 5. The van der Waals surface area contributed by atoms with E-state index in [2.05, 4.69) is 225 Å². The van der Waals surface area contributed by atoms with E-state index in [1.165, 1.54) is 0 Å². The molecule has 0 saturated heterocycles. The van der Waals surface area contributed by atoms with Crippen LogP contribution in [0.15, 0.2) is 212 Å². The van der Waals surface area contributed by atoms with Crippen molar-refractivity contribution in [3.63, 3.8) is 0 Å². The maximum Gasteiger partial charge on any atom is 0.234 e. The highest BCUT2D eigenvalue weighted by atomic mass is 15.1. The Hall–Kier alpha value is -9.62. The van der Waals surface area contributed by atoms with Gasteiger partial charge in [0.25, 0.3) is 0 Å². The lowest BCUT2D eigenvalue weighted by Crippen LogP contribution is -2.04. The van der Waals surface area contributed by atoms with Crippen molar-refractivity contribution in [3.05, 3.63) is 235 Å². The summed E-state index contributed by atoms with van der Waals surface area (Å²) in [5.41, 5.74) is 15.7. The number of aromatic nitrogens is 4. The lowest BCUT2D eigenvalue weighted by atomic mass is 9.97. The van der Waals surface area contributed by atoms with Crippen LogP contribution in [0.1, 0.15) is 11.1 Å². The van der Waals surface area contributed by atoms with Gasteiger partial charge >= 0.3 is 0 Å². The van der Waals surface area contributed by atoms with E-state index in [1.807, 2.05) is 19.1 Å². The molecule has 0 unspecified atom stereocenters. The highest BCUT2D eigenvalue weighted by Crippen LogP contribution is 2.49. The zero-order valence-electron chi connectivity index (χ0n) is 37.4. The van der Waals surface area contributed by atoms with Gasteiger partial charge in [0.1, 0.15) is 0 Å². The van der Waals surface area contributed by atoms with E-state index in [0.717, 1.165) is 127 Å². The summed E-state index contributed by atoms with van der Waals surface area (Å²) in [7, 11) is 0. The van der Waals surface area contributed by atoms with Crippen molar-refractivity contribution in [1.82, 2.24) is 18.3 Å². The van der Waals surface area contributed by atoms with E-state index in [1.54, 1.807) is 0 Å². The van der Waals surface area contributed by atoms with Crippen LogP contribution in [0.5, 0.6) is 0 Å². The molecule has 0 aliphatic heterocycles. The van der Waals surface area contributed by atoms with Gasteiger partial charge in [-0.25, -0.2) is 4.85 Å². The molecule has 4 heterocycles. The molecule has 0 saturated carbocycles. The highest BCUT2D eigenvalue weighted by molar-refractivity contribution is 6.26. The lowest BCUT2D eigenvalue weighted by molar-refractivity contribution is 1.13. The molecule has 0 aliphatic rings. The molecule has 320 valence electrons. The average molecular weight is 879 g/mol. The molecule has 14 aromatic rings. The molecule has 0 fully saturated rings. The molecule has 6 nitrogen and oxygen atoms in total. The second-order valence-electron chi connectivity index (χ2n) is 17.9. The molecular formula is C63H38N6. The van der Waals surface area contributed by atoms with Crippen molar-refractivity contribution in [3.8, 4) is 39.9 Å². The van der Waals surface area contributed by atoms with E-state index < -0.39 is 0 Å². The number of para-hydroxylation sites is 6. The van der Waals surface area contributed by atoms with Crippen LogP contribution < -0.4 is 0 Å². The maximum atomic E-state index is 10.4. The number of hydrogen-bond acceptors (Lipinski definition) is 1. The van der Waals surface area contributed by atoms with Gasteiger partial charge in [0.15, 0.2) is 0 Å². The van der Waals surface area contributed by atoms with Crippen molar-refractivity contribution in [2.75, 3.05) is 0 Å². The predicted octanol–water partition coefficient (Wildman–Crippen LogP) is 16.5. The molecule has 6 heteroatoms. The van der Waals surface area contributed by atoms with Crippen molar-refractivity contribution >= 4 is 92.9 Å². The summed E-state index contributed by atoms with van der Waals surface area (Å²) in [5.74, 6) is 0. The van der Waals surface area contributed by atoms with E-state index in [0.29, 0.717) is 11.3 Å². The number of hydrogen-bond donors (Lipinski definition) is 0. The summed E-state index contributed by atoms with van der Waals surface area (Å²) in [5, 5.41) is 19.3. The molecule has 0 atom stereocenters. The first-order chi connectivity index (χ1) is 34.1. The topological polar surface area (TPSA) is 47.9 Å². The van der Waals surface area contributed by atoms with Crippen molar-refractivity contribution in [2.24, 2.45) is 0 Å². The smallest absolute Gasteiger partial charge is 0.234 e. The third-order valence-corrected chi connectivity index (χ3v) is 14.2. The first kappa shape index (κ1) is 38.6. The standard InChI is InChI=1S/C63H38N6/c1-39-35-40(38-64)37-41(36-39)44-33-34-57(68-55-27-15-11-23-47(55)51-31-29-49-45-21-9-13-25-53(45)66(60(49)62(51)68)42-17-5-3-6-18-42)58(65-2)59(44)69-56-28-16-12-24-48(56)52-32-30-50-46-22-10-14-26-54(46)67(61(50)63(52)69)43-19-7-4-8-20-43/h3-37H,1H3. The molecule has 0 bridgehead atoms. The van der Waals surface area contributed by atoms with Gasteiger partial charge in [-0.2, -0.15) is 5.26 Å². The normalized spacial score (nSPS) is 11.8. The number of benzene rings is 10. The quantitative estimate of drug-likeness (QED) is 0.159. The Kier molecular flexibility index (Phi) is 8.23. The molecular weight excluding hydrogens is 841 g/mol. The highest BCUT2D eigenvalue weighted by Gasteiger charge is 2.28. The number of nitriles is 1. The lowest BCUT2D eigenvalue weighted by Gasteiger charge is -2.21. The molecule has 69 heavy (non-hydrogen) atoms. The van der Waals surface area contributed by atoms with Crippen LogP contribution in [-0.2, 0) is 0 Å². The molecule has 4 aromatic heterocycles. The van der Waals surface area contributed by atoms with Gasteiger partial charge < -0.3 is 18.3 Å². The SMILES string of the molecule is [C-]#[N+]c1c(-n2c3ccccc3c3ccc4c5ccccc5n(-c5ccccc5)c4c32)ccc(-c2cc(C)cc(C#N)c2)c1-n1c2ccccc2c2ccc3c4ccccc4n(-c4ccccc4)c3c21. The molecule has 0 aliphatic carbocycles. The minimum atomic E-state index is 0.497. The van der Waals surface area contributed by atoms with E-state index >= 15 is 0 Å². The minimum absolute atomic E-state index is 0.497. The van der Waals surface area contributed by atoms with E-state index in [9.17, 15) is 11.8 Å². The monoisotopic (exact) mass is 878 g/mol. The summed E-state index contributed by atoms with van der Waals surface area (Å²) in [6.45, 7) is 11.6. The summed E-state index contributed by atoms with van der Waals surface area (Å²) in [6, 6.07) is 77.4. The summed E-state index contributed by atoms with van der Waals surface area (Å²) in [6.07, 6.45) is 0. The van der Waals surface area contributed by atoms with Gasteiger partial charge in [0, 0.05) is 54.5 Å². The Labute approximate surface area is 396 Å². The van der Waals surface area contributed by atoms with E-state index in [4.69, 9.17) is 4.85 Å². The fraction of sp³-hybridized carbons (Fsp3) is 0.0159.